The molecule has 0 fully saturated rings. The van der Waals surface area contributed by atoms with Crippen LogP contribution < -0.4 is 5.32 Å². The highest BCUT2D eigenvalue weighted by Gasteiger charge is 2.31. The summed E-state index contributed by atoms with van der Waals surface area (Å²) in [5.74, 6) is 0.888. The Morgan fingerprint density at radius 3 is 2.83 bits per heavy atom. The number of carbonyl (C=O) groups excluding carboxylic acids is 1. The van der Waals surface area contributed by atoms with Crippen LogP contribution >= 0.6 is 0 Å². The minimum atomic E-state index is -0.112. The van der Waals surface area contributed by atoms with Crippen LogP contribution in [-0.2, 0) is 10.2 Å². The van der Waals surface area contributed by atoms with Gasteiger partial charge in [0, 0.05) is 23.1 Å². The number of fused-ring (bicyclic) bond motifs is 1. The molecule has 3 nitrogen and oxygen atoms in total. The highest BCUT2D eigenvalue weighted by Crippen LogP contribution is 2.39. The Hall–Kier alpha value is -2.03. The lowest BCUT2D eigenvalue weighted by Crippen LogP contribution is -2.32. The second-order valence-corrected chi connectivity index (χ2v) is 5.35. The van der Waals surface area contributed by atoms with E-state index in [2.05, 4.69) is 25.2 Å². The molecule has 3 rings (SSSR count). The second-order valence-electron chi connectivity index (χ2n) is 5.35. The summed E-state index contributed by atoms with van der Waals surface area (Å²) in [4.78, 5) is 11.7. The van der Waals surface area contributed by atoms with Gasteiger partial charge in [-0.2, -0.15) is 0 Å². The molecule has 2 heterocycles. The van der Waals surface area contributed by atoms with E-state index in [0.717, 1.165) is 17.0 Å². The van der Waals surface area contributed by atoms with E-state index in [1.54, 1.807) is 6.26 Å². The first-order valence-electron chi connectivity index (χ1n) is 6.04. The molecule has 0 saturated carbocycles. The van der Waals surface area contributed by atoms with Gasteiger partial charge < -0.3 is 9.73 Å². The minimum Gasteiger partial charge on any atom is -0.464 e. The average molecular weight is 241 g/mol. The fourth-order valence-corrected chi connectivity index (χ4v) is 2.52. The van der Waals surface area contributed by atoms with Crippen molar-refractivity contribution in [3.05, 3.63) is 42.2 Å². The van der Waals surface area contributed by atoms with Crippen molar-refractivity contribution in [2.75, 3.05) is 5.32 Å². The van der Waals surface area contributed by atoms with Crippen molar-refractivity contribution in [3.63, 3.8) is 0 Å². The van der Waals surface area contributed by atoms with Gasteiger partial charge in [0.05, 0.1) is 6.26 Å². The van der Waals surface area contributed by atoms with Crippen LogP contribution in [0.1, 0.15) is 25.8 Å². The van der Waals surface area contributed by atoms with Crippen molar-refractivity contribution < 1.29 is 9.21 Å². The average Bonchev–Trinajstić information content (AvgIpc) is 2.80. The maximum Gasteiger partial charge on any atom is 0.225 e. The lowest BCUT2D eigenvalue weighted by atomic mass is 9.77. The highest BCUT2D eigenvalue weighted by atomic mass is 16.3. The van der Waals surface area contributed by atoms with E-state index < -0.39 is 0 Å². The van der Waals surface area contributed by atoms with E-state index in [-0.39, 0.29) is 11.3 Å². The van der Waals surface area contributed by atoms with E-state index in [4.69, 9.17) is 4.42 Å². The van der Waals surface area contributed by atoms with Crippen molar-refractivity contribution in [1.29, 1.82) is 0 Å². The molecule has 0 spiro atoms. The first kappa shape index (κ1) is 11.1. The third-order valence-corrected chi connectivity index (χ3v) is 3.43. The lowest BCUT2D eigenvalue weighted by Gasteiger charge is -2.32. The van der Waals surface area contributed by atoms with Gasteiger partial charge in [0.25, 0.3) is 0 Å². The van der Waals surface area contributed by atoms with E-state index in [0.29, 0.717) is 6.42 Å². The first-order valence-corrected chi connectivity index (χ1v) is 6.04. The summed E-state index contributed by atoms with van der Waals surface area (Å²) in [6.45, 7) is 4.19. The Labute approximate surface area is 106 Å². The van der Waals surface area contributed by atoms with Crippen LogP contribution in [0.2, 0.25) is 0 Å². The lowest BCUT2D eigenvalue weighted by molar-refractivity contribution is -0.117. The van der Waals surface area contributed by atoms with Gasteiger partial charge in [0.15, 0.2) is 0 Å². The molecule has 0 saturated heterocycles. The molecule has 1 aliphatic heterocycles. The maximum absolute atomic E-state index is 11.7. The Morgan fingerprint density at radius 1 is 1.28 bits per heavy atom. The Balaban J connectivity index is 2.11. The van der Waals surface area contributed by atoms with Crippen LogP contribution in [0.5, 0.6) is 0 Å². The Kier molecular flexibility index (Phi) is 2.30. The highest BCUT2D eigenvalue weighted by molar-refractivity contribution is 5.96. The normalized spacial score (nSPS) is 17.1. The molecular weight excluding hydrogens is 226 g/mol. The molecule has 1 aromatic carbocycles. The molecule has 1 amide bonds. The zero-order valence-electron chi connectivity index (χ0n) is 10.5. The smallest absolute Gasteiger partial charge is 0.225 e. The zero-order valence-corrected chi connectivity index (χ0v) is 10.5. The summed E-state index contributed by atoms with van der Waals surface area (Å²) in [6, 6.07) is 9.87. The molecule has 3 heteroatoms. The molecular formula is C15H15NO2. The van der Waals surface area contributed by atoms with E-state index in [9.17, 15) is 4.79 Å². The number of hydrogen-bond acceptors (Lipinski definition) is 2. The van der Waals surface area contributed by atoms with Gasteiger partial charge in [0.1, 0.15) is 5.76 Å². The summed E-state index contributed by atoms with van der Waals surface area (Å²) >= 11 is 0. The Morgan fingerprint density at radius 2 is 2.11 bits per heavy atom. The van der Waals surface area contributed by atoms with Crippen molar-refractivity contribution >= 4 is 11.6 Å². The monoisotopic (exact) mass is 241 g/mol. The largest absolute Gasteiger partial charge is 0.464 e. The molecule has 0 aliphatic carbocycles. The summed E-state index contributed by atoms with van der Waals surface area (Å²) in [5, 5.41) is 2.94. The zero-order chi connectivity index (χ0) is 12.8. The number of hydrogen-bond donors (Lipinski definition) is 1. The van der Waals surface area contributed by atoms with Crippen molar-refractivity contribution in [3.8, 4) is 11.3 Å². The predicted octanol–water partition coefficient (Wildman–Crippen LogP) is 3.57. The van der Waals surface area contributed by atoms with Gasteiger partial charge in [-0.15, -0.1) is 0 Å². The number of carbonyl (C=O) groups is 1. The molecule has 2 aromatic rings. The fourth-order valence-electron chi connectivity index (χ4n) is 2.52. The van der Waals surface area contributed by atoms with Crippen LogP contribution in [0.4, 0.5) is 5.69 Å². The molecule has 0 bridgehead atoms. The van der Waals surface area contributed by atoms with Gasteiger partial charge in [0.2, 0.25) is 5.91 Å². The third kappa shape index (κ3) is 1.72. The molecule has 1 N–H and O–H groups in total. The summed E-state index contributed by atoms with van der Waals surface area (Å²) < 4.78 is 5.38. The van der Waals surface area contributed by atoms with Crippen LogP contribution in [0.15, 0.2) is 41.0 Å². The van der Waals surface area contributed by atoms with E-state index in [1.165, 1.54) is 5.56 Å². The quantitative estimate of drug-likeness (QED) is 0.829. The summed E-state index contributed by atoms with van der Waals surface area (Å²) in [5.41, 5.74) is 2.94. The molecule has 18 heavy (non-hydrogen) atoms. The van der Waals surface area contributed by atoms with Gasteiger partial charge in [-0.3, -0.25) is 4.79 Å². The molecule has 1 aromatic heterocycles. The van der Waals surface area contributed by atoms with Crippen molar-refractivity contribution in [2.45, 2.75) is 25.7 Å². The van der Waals surface area contributed by atoms with E-state index in [1.807, 2.05) is 24.3 Å². The third-order valence-electron chi connectivity index (χ3n) is 3.43. The number of anilines is 1. The number of amides is 1. The molecule has 0 radical (unpaired) electrons. The molecule has 92 valence electrons. The van der Waals surface area contributed by atoms with Gasteiger partial charge in [-0.05, 0) is 23.8 Å². The standard InChI is InChI=1S/C15H15NO2/c1-15(2)9-14(17)16-12-8-10(5-6-11(12)15)13-4-3-7-18-13/h3-8H,9H2,1-2H3,(H,16,17). The first-order chi connectivity index (χ1) is 8.56. The van der Waals surface area contributed by atoms with Crippen LogP contribution in [0.3, 0.4) is 0 Å². The molecule has 0 unspecified atom stereocenters. The summed E-state index contributed by atoms with van der Waals surface area (Å²) in [6.07, 6.45) is 2.18. The van der Waals surface area contributed by atoms with Crippen LogP contribution in [0, 0.1) is 0 Å². The van der Waals surface area contributed by atoms with Crippen molar-refractivity contribution in [2.24, 2.45) is 0 Å². The van der Waals surface area contributed by atoms with Gasteiger partial charge >= 0.3 is 0 Å². The number of benzene rings is 1. The van der Waals surface area contributed by atoms with Gasteiger partial charge in [-0.25, -0.2) is 0 Å². The van der Waals surface area contributed by atoms with Crippen LogP contribution in [-0.4, -0.2) is 5.91 Å². The summed E-state index contributed by atoms with van der Waals surface area (Å²) in [7, 11) is 0. The second kappa shape index (κ2) is 3.73. The van der Waals surface area contributed by atoms with Crippen molar-refractivity contribution in [1.82, 2.24) is 0 Å². The number of nitrogens with one attached hydrogen (secondary N) is 1. The maximum atomic E-state index is 11.7. The SMILES string of the molecule is CC1(C)CC(=O)Nc2cc(-c3ccco3)ccc21. The number of rotatable bonds is 1. The topological polar surface area (TPSA) is 42.2 Å². The predicted molar refractivity (Wildman–Crippen MR) is 70.4 cm³/mol. The fraction of sp³-hybridized carbons (Fsp3) is 0.267. The van der Waals surface area contributed by atoms with E-state index >= 15 is 0 Å². The molecule has 1 aliphatic rings. The minimum absolute atomic E-state index is 0.0732. The Bertz CT molecular complexity index is 597. The van der Waals surface area contributed by atoms with Crippen LogP contribution in [0.25, 0.3) is 11.3 Å². The van der Waals surface area contributed by atoms with Gasteiger partial charge in [-0.1, -0.05) is 26.0 Å². The number of furan rings is 1. The molecule has 0 atom stereocenters.